The lowest BCUT2D eigenvalue weighted by Gasteiger charge is -2.15. The van der Waals surface area contributed by atoms with Crippen molar-refractivity contribution >= 4 is 12.0 Å². The van der Waals surface area contributed by atoms with Crippen molar-refractivity contribution < 1.29 is 27.8 Å². The molecule has 0 fully saturated rings. The Hall–Kier alpha value is -3.45. The number of esters is 1. The predicted octanol–water partition coefficient (Wildman–Crippen LogP) is 4.96. The lowest BCUT2D eigenvalue weighted by atomic mass is 10.0. The molecule has 2 aromatic carbocycles. The Bertz CT molecular complexity index is 1020. The van der Waals surface area contributed by atoms with Crippen LogP contribution in [0.5, 0.6) is 0 Å². The second kappa shape index (κ2) is 9.37. The van der Waals surface area contributed by atoms with Crippen LogP contribution in [0, 0.1) is 0 Å². The van der Waals surface area contributed by atoms with Crippen molar-refractivity contribution in [3.05, 3.63) is 107 Å². The van der Waals surface area contributed by atoms with Crippen molar-refractivity contribution in [2.24, 2.45) is 0 Å². The zero-order valence-electron chi connectivity index (χ0n) is 15.7. The van der Waals surface area contributed by atoms with Crippen molar-refractivity contribution in [1.82, 2.24) is 4.98 Å². The topological polar surface area (TPSA) is 59.4 Å². The van der Waals surface area contributed by atoms with Crippen molar-refractivity contribution in [3.63, 3.8) is 0 Å². The summed E-state index contributed by atoms with van der Waals surface area (Å²) in [4.78, 5) is 16.7. The van der Waals surface area contributed by atoms with Crippen LogP contribution in [0.15, 0.2) is 84.7 Å². The summed E-state index contributed by atoms with van der Waals surface area (Å²) in [6, 6.07) is 16.6. The van der Waals surface area contributed by atoms with Crippen LogP contribution >= 0.6 is 0 Å². The molecule has 154 valence electrons. The second-order valence-electron chi connectivity index (χ2n) is 6.47. The molecule has 1 N–H and O–H groups in total. The number of hydrogen-bond acceptors (Lipinski definition) is 4. The third kappa shape index (κ3) is 5.55. The number of aliphatic hydroxyl groups excluding tert-OH is 1. The molecule has 0 bridgehead atoms. The predicted molar refractivity (Wildman–Crippen MR) is 105 cm³/mol. The fraction of sp³-hybridized carbons (Fsp3) is 0.130. The summed E-state index contributed by atoms with van der Waals surface area (Å²) in [6.45, 7) is -0.366. The van der Waals surface area contributed by atoms with Gasteiger partial charge in [-0.05, 0) is 35.4 Å². The quantitative estimate of drug-likeness (QED) is 0.458. The molecule has 30 heavy (non-hydrogen) atoms. The number of benzene rings is 2. The van der Waals surface area contributed by atoms with Gasteiger partial charge in [0, 0.05) is 18.0 Å². The van der Waals surface area contributed by atoms with E-state index in [1.165, 1.54) is 30.6 Å². The summed E-state index contributed by atoms with van der Waals surface area (Å²) < 4.78 is 43.8. The molecular formula is C23H18F3NO3. The molecule has 0 saturated heterocycles. The van der Waals surface area contributed by atoms with E-state index in [4.69, 9.17) is 4.74 Å². The molecule has 3 aromatic rings. The summed E-state index contributed by atoms with van der Waals surface area (Å²) in [5.41, 5.74) is 0.350. The molecule has 1 unspecified atom stereocenters. The van der Waals surface area contributed by atoms with E-state index < -0.39 is 23.8 Å². The van der Waals surface area contributed by atoms with Crippen LogP contribution in [0.3, 0.4) is 0 Å². The number of ether oxygens (including phenoxy) is 1. The standard InChI is InChI=1S/C23H18F3NO3/c24-23(25,26)19-10-4-8-17(12-19)15-30-22(29)20(13-16-6-2-1-3-7-16)21(28)18-9-5-11-27-14-18/h1-14,21,28H,15H2. The molecule has 4 nitrogen and oxygen atoms in total. The van der Waals surface area contributed by atoms with Crippen LogP contribution in [0.25, 0.3) is 6.08 Å². The van der Waals surface area contributed by atoms with Crippen LogP contribution in [-0.4, -0.2) is 16.1 Å². The summed E-state index contributed by atoms with van der Waals surface area (Å²) in [5, 5.41) is 10.7. The Morgan fingerprint density at radius 3 is 2.50 bits per heavy atom. The molecule has 0 aliphatic carbocycles. The van der Waals surface area contributed by atoms with Crippen molar-refractivity contribution in [1.29, 1.82) is 0 Å². The van der Waals surface area contributed by atoms with Gasteiger partial charge in [-0.25, -0.2) is 4.79 Å². The molecule has 1 aromatic heterocycles. The van der Waals surface area contributed by atoms with Gasteiger partial charge in [0.05, 0.1) is 11.1 Å². The van der Waals surface area contributed by atoms with E-state index in [2.05, 4.69) is 4.98 Å². The second-order valence-corrected chi connectivity index (χ2v) is 6.47. The van der Waals surface area contributed by atoms with Gasteiger partial charge >= 0.3 is 12.1 Å². The Morgan fingerprint density at radius 2 is 1.83 bits per heavy atom. The highest BCUT2D eigenvalue weighted by atomic mass is 19.4. The Labute approximate surface area is 171 Å². The number of pyridine rings is 1. The van der Waals surface area contributed by atoms with Crippen LogP contribution in [-0.2, 0) is 22.3 Å². The van der Waals surface area contributed by atoms with E-state index in [1.54, 1.807) is 42.5 Å². The minimum absolute atomic E-state index is 0.0545. The van der Waals surface area contributed by atoms with Crippen LogP contribution in [0.4, 0.5) is 13.2 Å². The third-order valence-electron chi connectivity index (χ3n) is 4.28. The fourth-order valence-corrected chi connectivity index (χ4v) is 2.77. The van der Waals surface area contributed by atoms with Crippen LogP contribution < -0.4 is 0 Å². The van der Waals surface area contributed by atoms with Gasteiger partial charge in [-0.15, -0.1) is 0 Å². The number of hydrogen-bond donors (Lipinski definition) is 1. The normalized spacial score (nSPS) is 13.0. The lowest BCUT2D eigenvalue weighted by molar-refractivity contribution is -0.141. The lowest BCUT2D eigenvalue weighted by Crippen LogP contribution is -2.15. The maximum absolute atomic E-state index is 12.9. The number of nitrogens with zero attached hydrogens (tertiary/aromatic N) is 1. The molecular weight excluding hydrogens is 395 g/mol. The van der Waals surface area contributed by atoms with E-state index >= 15 is 0 Å². The number of halogens is 3. The van der Waals surface area contributed by atoms with E-state index in [-0.39, 0.29) is 17.7 Å². The van der Waals surface area contributed by atoms with Crippen LogP contribution in [0.2, 0.25) is 0 Å². The van der Waals surface area contributed by atoms with Crippen LogP contribution in [0.1, 0.15) is 28.4 Å². The SMILES string of the molecule is O=C(OCc1cccc(C(F)(F)F)c1)C(=Cc1ccccc1)C(O)c1cccnc1. The van der Waals surface area contributed by atoms with E-state index in [1.807, 2.05) is 0 Å². The molecule has 0 amide bonds. The molecule has 1 heterocycles. The number of carbonyl (C=O) groups excluding carboxylic acids is 1. The van der Waals surface area contributed by atoms with E-state index in [9.17, 15) is 23.1 Å². The van der Waals surface area contributed by atoms with Gasteiger partial charge in [-0.2, -0.15) is 13.2 Å². The summed E-state index contributed by atoms with van der Waals surface area (Å²) in [5.74, 6) is -0.840. The van der Waals surface area contributed by atoms with Gasteiger partial charge in [0.2, 0.25) is 0 Å². The van der Waals surface area contributed by atoms with Gasteiger partial charge in [0.15, 0.2) is 0 Å². The largest absolute Gasteiger partial charge is 0.457 e. The molecule has 1 atom stereocenters. The number of aromatic nitrogens is 1. The maximum Gasteiger partial charge on any atom is 0.416 e. The highest BCUT2D eigenvalue weighted by Crippen LogP contribution is 2.30. The first kappa shape index (κ1) is 21.3. The van der Waals surface area contributed by atoms with E-state index in [0.717, 1.165) is 12.1 Å². The summed E-state index contributed by atoms with van der Waals surface area (Å²) in [7, 11) is 0. The monoisotopic (exact) mass is 413 g/mol. The molecule has 0 radical (unpaired) electrons. The molecule has 0 aliphatic rings. The highest BCUT2D eigenvalue weighted by molar-refractivity contribution is 5.95. The fourth-order valence-electron chi connectivity index (χ4n) is 2.77. The number of alkyl halides is 3. The molecule has 0 spiro atoms. The first-order valence-corrected chi connectivity index (χ1v) is 9.02. The first-order valence-electron chi connectivity index (χ1n) is 9.02. The number of rotatable bonds is 6. The molecule has 0 saturated carbocycles. The summed E-state index contributed by atoms with van der Waals surface area (Å²) in [6.07, 6.45) is -1.37. The van der Waals surface area contributed by atoms with Crippen molar-refractivity contribution in [3.8, 4) is 0 Å². The average molecular weight is 413 g/mol. The number of carbonyl (C=O) groups is 1. The maximum atomic E-state index is 12.9. The Kier molecular flexibility index (Phi) is 6.64. The smallest absolute Gasteiger partial charge is 0.416 e. The zero-order valence-corrected chi connectivity index (χ0v) is 15.7. The Balaban J connectivity index is 1.83. The Morgan fingerprint density at radius 1 is 1.07 bits per heavy atom. The van der Waals surface area contributed by atoms with Gasteiger partial charge in [-0.3, -0.25) is 4.98 Å². The minimum atomic E-state index is -4.49. The minimum Gasteiger partial charge on any atom is -0.457 e. The van der Waals surface area contributed by atoms with Gasteiger partial charge in [0.1, 0.15) is 12.7 Å². The highest BCUT2D eigenvalue weighted by Gasteiger charge is 2.30. The first-order chi connectivity index (χ1) is 14.3. The van der Waals surface area contributed by atoms with Gasteiger partial charge < -0.3 is 9.84 Å². The molecule has 7 heteroatoms. The number of aliphatic hydroxyl groups is 1. The molecule has 3 rings (SSSR count). The van der Waals surface area contributed by atoms with E-state index in [0.29, 0.717) is 11.1 Å². The van der Waals surface area contributed by atoms with Crippen molar-refractivity contribution in [2.45, 2.75) is 18.9 Å². The summed E-state index contributed by atoms with van der Waals surface area (Å²) >= 11 is 0. The van der Waals surface area contributed by atoms with Gasteiger partial charge in [-0.1, -0.05) is 48.5 Å². The average Bonchev–Trinajstić information content (AvgIpc) is 2.76. The molecule has 0 aliphatic heterocycles. The van der Waals surface area contributed by atoms with Gasteiger partial charge in [0.25, 0.3) is 0 Å². The zero-order chi connectivity index (χ0) is 21.6. The van der Waals surface area contributed by atoms with Crippen molar-refractivity contribution in [2.75, 3.05) is 0 Å². The third-order valence-corrected chi connectivity index (χ3v) is 4.28.